The minimum absolute atomic E-state index is 0.132. The van der Waals surface area contributed by atoms with Crippen LogP contribution in [0.15, 0.2) is 51.8 Å². The summed E-state index contributed by atoms with van der Waals surface area (Å²) in [6.07, 6.45) is 0. The maximum absolute atomic E-state index is 12.9. The molecular weight excluding hydrogens is 418 g/mol. The minimum atomic E-state index is -3.82. The van der Waals surface area contributed by atoms with E-state index in [0.29, 0.717) is 0 Å². The van der Waals surface area contributed by atoms with E-state index >= 15 is 0 Å². The number of nitrogens with zero attached hydrogens (tertiary/aromatic N) is 1. The zero-order chi connectivity index (χ0) is 17.9. The van der Waals surface area contributed by atoms with E-state index in [1.807, 2.05) is 0 Å². The lowest BCUT2D eigenvalue weighted by Gasteiger charge is -2.24. The molecule has 8 heteroatoms. The second kappa shape index (κ2) is 7.55. The number of hydrogen-bond acceptors (Lipinski definition) is 4. The molecule has 0 atom stereocenters. The maximum atomic E-state index is 12.9. The molecule has 0 bridgehead atoms. The fourth-order valence-electron chi connectivity index (χ4n) is 2.15. The number of rotatable bonds is 5. The molecule has 0 fully saturated rings. The summed E-state index contributed by atoms with van der Waals surface area (Å²) in [5, 5.41) is 0.227. The molecule has 0 saturated heterocycles. The number of sulfonamides is 1. The van der Waals surface area contributed by atoms with E-state index < -0.39 is 16.0 Å². The maximum Gasteiger partial charge on any atom is 0.337 e. The molecule has 0 aliphatic carbocycles. The predicted octanol–water partition coefficient (Wildman–Crippen LogP) is 4.10. The van der Waals surface area contributed by atoms with Crippen molar-refractivity contribution in [1.82, 2.24) is 0 Å². The third kappa shape index (κ3) is 3.74. The molecule has 128 valence electrons. The first-order valence-corrected chi connectivity index (χ1v) is 9.58. The number of benzene rings is 2. The third-order valence-corrected chi connectivity index (χ3v) is 6.08. The molecule has 2 aromatic rings. The van der Waals surface area contributed by atoms with Gasteiger partial charge in [0.25, 0.3) is 10.0 Å². The quantitative estimate of drug-likeness (QED) is 0.667. The van der Waals surface area contributed by atoms with Gasteiger partial charge in [0.2, 0.25) is 0 Å². The Balaban J connectivity index is 2.55. The molecule has 2 aromatic carbocycles. The topological polar surface area (TPSA) is 63.7 Å². The van der Waals surface area contributed by atoms with Gasteiger partial charge in [0.1, 0.15) is 0 Å². The van der Waals surface area contributed by atoms with E-state index in [1.54, 1.807) is 19.1 Å². The zero-order valence-electron chi connectivity index (χ0n) is 13.0. The molecule has 0 N–H and O–H groups in total. The van der Waals surface area contributed by atoms with Crippen LogP contribution >= 0.6 is 27.5 Å². The lowest BCUT2D eigenvalue weighted by Crippen LogP contribution is -2.31. The first-order chi connectivity index (χ1) is 11.3. The number of carbonyl (C=O) groups is 1. The molecule has 0 unspecified atom stereocenters. The molecule has 0 aromatic heterocycles. The average Bonchev–Trinajstić information content (AvgIpc) is 2.56. The van der Waals surface area contributed by atoms with E-state index in [2.05, 4.69) is 20.7 Å². The monoisotopic (exact) mass is 431 g/mol. The van der Waals surface area contributed by atoms with Crippen molar-refractivity contribution in [1.29, 1.82) is 0 Å². The average molecular weight is 433 g/mol. The Morgan fingerprint density at radius 2 is 1.83 bits per heavy atom. The first-order valence-electron chi connectivity index (χ1n) is 6.97. The van der Waals surface area contributed by atoms with E-state index in [-0.39, 0.29) is 27.7 Å². The van der Waals surface area contributed by atoms with Gasteiger partial charge in [-0.05, 0) is 49.4 Å². The van der Waals surface area contributed by atoms with Crippen LogP contribution in [0, 0.1) is 0 Å². The number of anilines is 1. The molecule has 2 rings (SSSR count). The number of esters is 1. The van der Waals surface area contributed by atoms with Gasteiger partial charge in [0.15, 0.2) is 0 Å². The Labute approximate surface area is 154 Å². The Morgan fingerprint density at radius 1 is 1.21 bits per heavy atom. The number of halogens is 2. The van der Waals surface area contributed by atoms with Gasteiger partial charge >= 0.3 is 5.97 Å². The highest BCUT2D eigenvalue weighted by Crippen LogP contribution is 2.32. The van der Waals surface area contributed by atoms with Gasteiger partial charge in [-0.15, -0.1) is 0 Å². The van der Waals surface area contributed by atoms with Crippen molar-refractivity contribution in [2.45, 2.75) is 11.8 Å². The molecular formula is C16H15BrClNO4S. The molecule has 0 spiro atoms. The molecule has 0 saturated carbocycles. The Morgan fingerprint density at radius 3 is 2.38 bits per heavy atom. The second-order valence-corrected chi connectivity index (χ2v) is 7.97. The molecule has 0 heterocycles. The predicted molar refractivity (Wildman–Crippen MR) is 97.1 cm³/mol. The van der Waals surface area contributed by atoms with Crippen LogP contribution in [0.5, 0.6) is 0 Å². The van der Waals surface area contributed by atoms with Crippen molar-refractivity contribution < 1.29 is 17.9 Å². The lowest BCUT2D eigenvalue weighted by atomic mass is 10.2. The van der Waals surface area contributed by atoms with Crippen LogP contribution in [0.4, 0.5) is 5.69 Å². The van der Waals surface area contributed by atoms with Crippen LogP contribution in [0.25, 0.3) is 0 Å². The van der Waals surface area contributed by atoms with Crippen LogP contribution in [0.3, 0.4) is 0 Å². The highest BCUT2D eigenvalue weighted by molar-refractivity contribution is 9.10. The fraction of sp³-hybridized carbons (Fsp3) is 0.188. The summed E-state index contributed by atoms with van der Waals surface area (Å²) in [5.74, 6) is -0.565. The number of hydrogen-bond donors (Lipinski definition) is 0. The summed E-state index contributed by atoms with van der Waals surface area (Å²) in [7, 11) is -2.56. The highest BCUT2D eigenvalue weighted by Gasteiger charge is 2.26. The SMILES string of the molecule is CCN(c1cc(C(=O)OC)ccc1Cl)S(=O)(=O)c1ccc(Br)cc1. The van der Waals surface area contributed by atoms with Crippen LogP contribution < -0.4 is 4.31 Å². The summed E-state index contributed by atoms with van der Waals surface area (Å²) in [4.78, 5) is 11.8. The van der Waals surface area contributed by atoms with Crippen LogP contribution in [0.2, 0.25) is 5.02 Å². The molecule has 0 amide bonds. The normalized spacial score (nSPS) is 11.2. The molecule has 24 heavy (non-hydrogen) atoms. The standard InChI is InChI=1S/C16H15BrClNO4S/c1-3-19(24(21,22)13-7-5-12(17)6-8-13)15-10-11(16(20)23-2)4-9-14(15)18/h4-10H,3H2,1-2H3. The van der Waals surface area contributed by atoms with Gasteiger partial charge in [0.05, 0.1) is 28.3 Å². The minimum Gasteiger partial charge on any atom is -0.465 e. The van der Waals surface area contributed by atoms with Crippen molar-refractivity contribution >= 4 is 49.2 Å². The highest BCUT2D eigenvalue weighted by atomic mass is 79.9. The van der Waals surface area contributed by atoms with Gasteiger partial charge in [0, 0.05) is 11.0 Å². The lowest BCUT2D eigenvalue weighted by molar-refractivity contribution is 0.0600. The molecule has 0 aliphatic rings. The zero-order valence-corrected chi connectivity index (χ0v) is 16.2. The Hall–Kier alpha value is -1.57. The largest absolute Gasteiger partial charge is 0.465 e. The first kappa shape index (κ1) is 18.8. The van der Waals surface area contributed by atoms with E-state index in [1.165, 1.54) is 37.4 Å². The van der Waals surface area contributed by atoms with Gasteiger partial charge < -0.3 is 4.74 Å². The van der Waals surface area contributed by atoms with E-state index in [9.17, 15) is 13.2 Å². The summed E-state index contributed by atoms with van der Waals surface area (Å²) in [6, 6.07) is 10.7. The van der Waals surface area contributed by atoms with E-state index in [0.717, 1.165) is 8.78 Å². The van der Waals surface area contributed by atoms with Gasteiger partial charge in [-0.3, -0.25) is 4.31 Å². The van der Waals surface area contributed by atoms with Crippen molar-refractivity contribution in [2.75, 3.05) is 18.0 Å². The summed E-state index contributed by atoms with van der Waals surface area (Å²) >= 11 is 9.45. The fourth-order valence-corrected chi connectivity index (χ4v) is 4.17. The van der Waals surface area contributed by atoms with Crippen molar-refractivity contribution in [3.63, 3.8) is 0 Å². The smallest absolute Gasteiger partial charge is 0.337 e. The van der Waals surface area contributed by atoms with Crippen LogP contribution in [-0.4, -0.2) is 28.0 Å². The van der Waals surface area contributed by atoms with Crippen molar-refractivity contribution in [3.05, 3.63) is 57.5 Å². The summed E-state index contributed by atoms with van der Waals surface area (Å²) in [6.45, 7) is 1.85. The third-order valence-electron chi connectivity index (χ3n) is 3.32. The number of ether oxygens (including phenoxy) is 1. The van der Waals surface area contributed by atoms with E-state index in [4.69, 9.17) is 11.6 Å². The van der Waals surface area contributed by atoms with Gasteiger partial charge in [-0.2, -0.15) is 0 Å². The van der Waals surface area contributed by atoms with Crippen LogP contribution in [0.1, 0.15) is 17.3 Å². The van der Waals surface area contributed by atoms with Crippen LogP contribution in [-0.2, 0) is 14.8 Å². The van der Waals surface area contributed by atoms with Gasteiger partial charge in [-0.25, -0.2) is 13.2 Å². The second-order valence-electron chi connectivity index (χ2n) is 4.78. The number of carbonyl (C=O) groups excluding carboxylic acids is 1. The van der Waals surface area contributed by atoms with Gasteiger partial charge in [-0.1, -0.05) is 27.5 Å². The Bertz CT molecular complexity index is 853. The molecule has 0 aliphatic heterocycles. The summed E-state index contributed by atoms with van der Waals surface area (Å²) < 4.78 is 32.4. The molecule has 5 nitrogen and oxygen atoms in total. The Kier molecular flexibility index (Phi) is 5.90. The molecule has 0 radical (unpaired) electrons. The van der Waals surface area contributed by atoms with Crippen molar-refractivity contribution in [3.8, 4) is 0 Å². The number of methoxy groups -OCH3 is 1. The summed E-state index contributed by atoms with van der Waals surface area (Å²) in [5.41, 5.74) is 0.450. The van der Waals surface area contributed by atoms with Crippen molar-refractivity contribution in [2.24, 2.45) is 0 Å².